The van der Waals surface area contributed by atoms with Crippen LogP contribution in [0.3, 0.4) is 0 Å². The van der Waals surface area contributed by atoms with E-state index in [1.807, 2.05) is 0 Å². The zero-order chi connectivity index (χ0) is 25.6. The number of benzene rings is 1. The molecule has 0 saturated carbocycles. The molecule has 2 aliphatic rings. The van der Waals surface area contributed by atoms with Crippen LogP contribution in [-0.4, -0.2) is 57.6 Å². The summed E-state index contributed by atoms with van der Waals surface area (Å²) in [4.78, 5) is 35.7. The normalized spacial score (nSPS) is 16.8. The number of amides is 2. The first-order valence-electron chi connectivity index (χ1n) is 11.7. The molecule has 2 amide bonds. The SMILES string of the molecule is CC(=O)N1CCc2[nH]c3ncc(F)c(C4CCN(C(=O)c5ccc(OC(F)(F)F)cc5)CC4)c3c2C1. The Labute approximate surface area is 204 Å². The van der Waals surface area contributed by atoms with Crippen LogP contribution >= 0.6 is 0 Å². The number of likely N-dealkylation sites (tertiary alicyclic amines) is 1. The topological polar surface area (TPSA) is 78.5 Å². The Kier molecular flexibility index (Phi) is 6.09. The third kappa shape index (κ3) is 4.61. The van der Waals surface area contributed by atoms with Crippen LogP contribution in [0.5, 0.6) is 5.75 Å². The Morgan fingerprint density at radius 3 is 2.42 bits per heavy atom. The highest BCUT2D eigenvalue weighted by atomic mass is 19.4. The number of alkyl halides is 3. The van der Waals surface area contributed by atoms with Crippen LogP contribution in [0.4, 0.5) is 17.6 Å². The van der Waals surface area contributed by atoms with Gasteiger partial charge in [0.05, 0.1) is 6.20 Å². The van der Waals surface area contributed by atoms with Gasteiger partial charge in [-0.25, -0.2) is 9.37 Å². The molecule has 0 spiro atoms. The van der Waals surface area contributed by atoms with Gasteiger partial charge in [0, 0.05) is 67.3 Å². The molecule has 1 fully saturated rings. The van der Waals surface area contributed by atoms with E-state index in [4.69, 9.17) is 0 Å². The first-order valence-corrected chi connectivity index (χ1v) is 11.7. The molecule has 0 radical (unpaired) electrons. The molecule has 11 heteroatoms. The number of carbonyl (C=O) groups excluding carboxylic acids is 2. The molecule has 190 valence electrons. The number of piperidine rings is 1. The van der Waals surface area contributed by atoms with Gasteiger partial charge in [0.15, 0.2) is 0 Å². The van der Waals surface area contributed by atoms with Gasteiger partial charge in [-0.2, -0.15) is 0 Å². The van der Waals surface area contributed by atoms with Crippen molar-refractivity contribution in [2.75, 3.05) is 19.6 Å². The summed E-state index contributed by atoms with van der Waals surface area (Å²) >= 11 is 0. The summed E-state index contributed by atoms with van der Waals surface area (Å²) in [6.45, 7) is 3.26. The molecule has 0 aliphatic carbocycles. The second kappa shape index (κ2) is 9.11. The summed E-state index contributed by atoms with van der Waals surface area (Å²) in [5.41, 5.74) is 3.27. The number of aromatic nitrogens is 2. The molecule has 0 unspecified atom stereocenters. The minimum atomic E-state index is -4.80. The van der Waals surface area contributed by atoms with Crippen molar-refractivity contribution in [3.63, 3.8) is 0 Å². The summed E-state index contributed by atoms with van der Waals surface area (Å²) in [6, 6.07) is 4.81. The van der Waals surface area contributed by atoms with E-state index in [-0.39, 0.29) is 23.3 Å². The maximum atomic E-state index is 15.2. The zero-order valence-corrected chi connectivity index (χ0v) is 19.5. The zero-order valence-electron chi connectivity index (χ0n) is 19.5. The van der Waals surface area contributed by atoms with Crippen molar-refractivity contribution in [1.29, 1.82) is 0 Å². The number of nitrogens with zero attached hydrogens (tertiary/aromatic N) is 3. The van der Waals surface area contributed by atoms with Crippen LogP contribution in [-0.2, 0) is 17.8 Å². The van der Waals surface area contributed by atoms with E-state index in [2.05, 4.69) is 14.7 Å². The Hall–Kier alpha value is -3.63. The molecule has 5 rings (SSSR count). The molecule has 1 aromatic carbocycles. The van der Waals surface area contributed by atoms with Gasteiger partial charge in [0.25, 0.3) is 5.91 Å². The van der Waals surface area contributed by atoms with Crippen molar-refractivity contribution in [2.45, 2.75) is 45.0 Å². The number of hydrogen-bond acceptors (Lipinski definition) is 4. The van der Waals surface area contributed by atoms with Crippen molar-refractivity contribution in [2.24, 2.45) is 0 Å². The highest BCUT2D eigenvalue weighted by molar-refractivity contribution is 5.94. The number of aromatic amines is 1. The Balaban J connectivity index is 1.33. The van der Waals surface area contributed by atoms with Crippen LogP contribution in [0.2, 0.25) is 0 Å². The van der Waals surface area contributed by atoms with Gasteiger partial charge in [0.1, 0.15) is 17.2 Å². The molecule has 1 N–H and O–H groups in total. The fraction of sp³-hybridized carbons (Fsp3) is 0.400. The minimum Gasteiger partial charge on any atom is -0.406 e. The fourth-order valence-corrected chi connectivity index (χ4v) is 5.20. The van der Waals surface area contributed by atoms with Gasteiger partial charge in [-0.15, -0.1) is 13.2 Å². The standard InChI is InChI=1S/C25H24F4N4O3/c1-14(34)33-11-8-20-18(13-33)22-21(19(26)12-30-23(22)31-20)15-6-9-32(10-7-15)24(35)16-2-4-17(5-3-16)36-25(27,28)29/h2-5,12,15H,6-11,13H2,1H3,(H,30,31). The van der Waals surface area contributed by atoms with E-state index in [0.717, 1.165) is 28.8 Å². The molecule has 36 heavy (non-hydrogen) atoms. The van der Waals surface area contributed by atoms with Crippen LogP contribution in [0.25, 0.3) is 11.0 Å². The average Bonchev–Trinajstić information content (AvgIpc) is 3.21. The van der Waals surface area contributed by atoms with Gasteiger partial charge >= 0.3 is 6.36 Å². The number of halogens is 4. The molecular formula is C25H24F4N4O3. The van der Waals surface area contributed by atoms with E-state index in [1.165, 1.54) is 25.3 Å². The molecule has 1 saturated heterocycles. The van der Waals surface area contributed by atoms with Crippen molar-refractivity contribution >= 4 is 22.8 Å². The van der Waals surface area contributed by atoms with Crippen molar-refractivity contribution in [1.82, 2.24) is 19.8 Å². The molecule has 0 bridgehead atoms. The van der Waals surface area contributed by atoms with E-state index >= 15 is 4.39 Å². The molecular weight excluding hydrogens is 480 g/mol. The first-order chi connectivity index (χ1) is 17.1. The second-order valence-corrected chi connectivity index (χ2v) is 9.15. The maximum Gasteiger partial charge on any atom is 0.573 e. The number of carbonyl (C=O) groups is 2. The quantitative estimate of drug-likeness (QED) is 0.532. The summed E-state index contributed by atoms with van der Waals surface area (Å²) in [7, 11) is 0. The van der Waals surface area contributed by atoms with Gasteiger partial charge in [-0.05, 0) is 43.0 Å². The molecule has 2 aromatic heterocycles. The molecule has 0 atom stereocenters. The molecule has 7 nitrogen and oxygen atoms in total. The largest absolute Gasteiger partial charge is 0.573 e. The highest BCUT2D eigenvalue weighted by Gasteiger charge is 2.33. The minimum absolute atomic E-state index is 0.0364. The lowest BCUT2D eigenvalue weighted by Gasteiger charge is -2.33. The fourth-order valence-electron chi connectivity index (χ4n) is 5.20. The van der Waals surface area contributed by atoms with Crippen LogP contribution in [0, 0.1) is 5.82 Å². The number of rotatable bonds is 3. The number of ether oxygens (including phenoxy) is 1. The third-order valence-electron chi connectivity index (χ3n) is 6.96. The number of pyridine rings is 1. The summed E-state index contributed by atoms with van der Waals surface area (Å²) in [5.74, 6) is -1.29. The van der Waals surface area contributed by atoms with Gasteiger partial charge in [-0.1, -0.05) is 0 Å². The lowest BCUT2D eigenvalue weighted by atomic mass is 9.86. The monoisotopic (exact) mass is 504 g/mol. The van der Waals surface area contributed by atoms with Gasteiger partial charge in [0.2, 0.25) is 5.91 Å². The maximum absolute atomic E-state index is 15.2. The summed E-state index contributed by atoms with van der Waals surface area (Å²) in [6.07, 6.45) is -1.90. The van der Waals surface area contributed by atoms with Crippen molar-refractivity contribution < 1.29 is 31.9 Å². The van der Waals surface area contributed by atoms with Crippen LogP contribution < -0.4 is 4.74 Å². The molecule has 3 aromatic rings. The van der Waals surface area contributed by atoms with Crippen molar-refractivity contribution in [3.8, 4) is 5.75 Å². The average molecular weight is 504 g/mol. The Morgan fingerprint density at radius 2 is 1.78 bits per heavy atom. The first kappa shape index (κ1) is 24.1. The Morgan fingerprint density at radius 1 is 1.08 bits per heavy atom. The molecule has 2 aliphatic heterocycles. The number of hydrogen-bond donors (Lipinski definition) is 1. The summed E-state index contributed by atoms with van der Waals surface area (Å²) < 4.78 is 56.1. The molecule has 4 heterocycles. The predicted octanol–water partition coefficient (Wildman–Crippen LogP) is 4.53. The van der Waals surface area contributed by atoms with E-state index in [0.29, 0.717) is 56.7 Å². The predicted molar refractivity (Wildman–Crippen MR) is 122 cm³/mol. The second-order valence-electron chi connectivity index (χ2n) is 9.15. The van der Waals surface area contributed by atoms with Crippen LogP contribution in [0.15, 0.2) is 30.5 Å². The lowest BCUT2D eigenvalue weighted by molar-refractivity contribution is -0.274. The number of nitrogens with one attached hydrogen (secondary N) is 1. The number of fused-ring (bicyclic) bond motifs is 3. The highest BCUT2D eigenvalue weighted by Crippen LogP contribution is 2.38. The number of H-pyrrole nitrogens is 1. The van der Waals surface area contributed by atoms with Gasteiger partial charge < -0.3 is 19.5 Å². The third-order valence-corrected chi connectivity index (χ3v) is 6.96. The van der Waals surface area contributed by atoms with Crippen molar-refractivity contribution in [3.05, 3.63) is 58.7 Å². The van der Waals surface area contributed by atoms with E-state index < -0.39 is 17.9 Å². The van der Waals surface area contributed by atoms with Gasteiger partial charge in [-0.3, -0.25) is 9.59 Å². The Bertz CT molecular complexity index is 1310. The summed E-state index contributed by atoms with van der Waals surface area (Å²) in [5, 5.41) is 0.723. The lowest BCUT2D eigenvalue weighted by Crippen LogP contribution is -2.38. The van der Waals surface area contributed by atoms with E-state index in [9.17, 15) is 22.8 Å². The van der Waals surface area contributed by atoms with Crippen LogP contribution in [0.1, 0.15) is 52.9 Å². The van der Waals surface area contributed by atoms with E-state index in [1.54, 1.807) is 9.80 Å². The smallest absolute Gasteiger partial charge is 0.406 e.